The Morgan fingerprint density at radius 3 is 2.42 bits per heavy atom. The number of para-hydroxylation sites is 1. The van der Waals surface area contributed by atoms with Gasteiger partial charge in [0.05, 0.1) is 25.0 Å². The van der Waals surface area contributed by atoms with Crippen molar-refractivity contribution >= 4 is 5.91 Å². The molecule has 134 valence electrons. The molecule has 0 spiro atoms. The molecule has 0 saturated carbocycles. The molecule has 0 aliphatic carbocycles. The highest BCUT2D eigenvalue weighted by molar-refractivity contribution is 5.95. The fourth-order valence-corrected chi connectivity index (χ4v) is 2.68. The van der Waals surface area contributed by atoms with E-state index >= 15 is 0 Å². The van der Waals surface area contributed by atoms with Crippen molar-refractivity contribution in [2.24, 2.45) is 0 Å². The average Bonchev–Trinajstić information content (AvgIpc) is 3.12. The van der Waals surface area contributed by atoms with E-state index in [2.05, 4.69) is 5.10 Å². The van der Waals surface area contributed by atoms with Crippen molar-refractivity contribution in [3.8, 4) is 11.4 Å². The SMILES string of the molecule is COc1cn(-c2ccccc2)nc1C(=O)N(C)C(C)c1ccc(F)cc1. The lowest BCUT2D eigenvalue weighted by molar-refractivity contribution is 0.0733. The summed E-state index contributed by atoms with van der Waals surface area (Å²) >= 11 is 0. The molecule has 0 fully saturated rings. The molecule has 6 heteroatoms. The van der Waals surface area contributed by atoms with E-state index in [1.54, 1.807) is 35.0 Å². The Labute approximate surface area is 151 Å². The smallest absolute Gasteiger partial charge is 0.278 e. The maximum Gasteiger partial charge on any atom is 0.278 e. The molecule has 0 saturated heterocycles. The number of nitrogens with zero attached hydrogens (tertiary/aromatic N) is 3. The van der Waals surface area contributed by atoms with E-state index in [-0.39, 0.29) is 23.5 Å². The molecular weight excluding hydrogens is 333 g/mol. The third kappa shape index (κ3) is 3.44. The van der Waals surface area contributed by atoms with Crippen LogP contribution in [-0.2, 0) is 0 Å². The molecule has 26 heavy (non-hydrogen) atoms. The Balaban J connectivity index is 1.89. The van der Waals surface area contributed by atoms with Gasteiger partial charge >= 0.3 is 0 Å². The molecule has 0 bridgehead atoms. The van der Waals surface area contributed by atoms with Crippen LogP contribution in [0.1, 0.15) is 29.0 Å². The summed E-state index contributed by atoms with van der Waals surface area (Å²) in [6.07, 6.45) is 1.68. The normalized spacial score (nSPS) is 11.8. The summed E-state index contributed by atoms with van der Waals surface area (Å²) in [5.74, 6) is -0.177. The lowest BCUT2D eigenvalue weighted by atomic mass is 10.1. The van der Waals surface area contributed by atoms with Gasteiger partial charge in [-0.2, -0.15) is 5.10 Å². The number of hydrogen-bond acceptors (Lipinski definition) is 3. The van der Waals surface area contributed by atoms with Crippen LogP contribution in [0.2, 0.25) is 0 Å². The molecule has 3 aromatic rings. The molecular formula is C20H20FN3O2. The van der Waals surface area contributed by atoms with Gasteiger partial charge in [-0.1, -0.05) is 30.3 Å². The van der Waals surface area contributed by atoms with Gasteiger partial charge in [-0.15, -0.1) is 0 Å². The minimum Gasteiger partial charge on any atom is -0.493 e. The summed E-state index contributed by atoms with van der Waals surface area (Å²) in [6, 6.07) is 15.4. The second kappa shape index (κ2) is 7.39. The lowest BCUT2D eigenvalue weighted by Gasteiger charge is -2.24. The number of carbonyl (C=O) groups excluding carboxylic acids is 1. The monoisotopic (exact) mass is 353 g/mol. The van der Waals surface area contributed by atoms with Gasteiger partial charge in [0.2, 0.25) is 0 Å². The first kappa shape index (κ1) is 17.7. The molecule has 0 aliphatic rings. The maximum absolute atomic E-state index is 13.1. The first-order chi connectivity index (χ1) is 12.5. The molecule has 1 amide bonds. The molecule has 2 aromatic carbocycles. The Morgan fingerprint density at radius 2 is 1.81 bits per heavy atom. The molecule has 0 aliphatic heterocycles. The van der Waals surface area contributed by atoms with Crippen LogP contribution < -0.4 is 4.74 Å². The van der Waals surface area contributed by atoms with Gasteiger partial charge in [0.1, 0.15) is 5.82 Å². The lowest BCUT2D eigenvalue weighted by Crippen LogP contribution is -2.30. The molecule has 0 radical (unpaired) electrons. The van der Waals surface area contributed by atoms with E-state index in [1.165, 1.54) is 19.2 Å². The first-order valence-electron chi connectivity index (χ1n) is 8.23. The van der Waals surface area contributed by atoms with Gasteiger partial charge in [-0.3, -0.25) is 4.79 Å². The number of halogens is 1. The van der Waals surface area contributed by atoms with Crippen LogP contribution in [0.25, 0.3) is 5.69 Å². The number of benzene rings is 2. The van der Waals surface area contributed by atoms with E-state index in [1.807, 2.05) is 37.3 Å². The van der Waals surface area contributed by atoms with Crippen LogP contribution in [0, 0.1) is 5.82 Å². The van der Waals surface area contributed by atoms with Gasteiger partial charge in [0.25, 0.3) is 5.91 Å². The predicted octanol–water partition coefficient (Wildman–Crippen LogP) is 3.85. The minimum absolute atomic E-state index is 0.229. The van der Waals surface area contributed by atoms with Crippen LogP contribution in [0.5, 0.6) is 5.75 Å². The van der Waals surface area contributed by atoms with Crippen molar-refractivity contribution in [3.05, 3.63) is 77.9 Å². The second-order valence-corrected chi connectivity index (χ2v) is 5.97. The summed E-state index contributed by atoms with van der Waals surface area (Å²) in [6.45, 7) is 1.88. The minimum atomic E-state index is -0.307. The van der Waals surface area contributed by atoms with Crippen molar-refractivity contribution in [2.45, 2.75) is 13.0 Å². The quantitative estimate of drug-likeness (QED) is 0.700. The summed E-state index contributed by atoms with van der Waals surface area (Å²) in [4.78, 5) is 14.5. The van der Waals surface area contributed by atoms with Crippen molar-refractivity contribution in [1.29, 1.82) is 0 Å². The van der Waals surface area contributed by atoms with Crippen molar-refractivity contribution < 1.29 is 13.9 Å². The Kier molecular flexibility index (Phi) is 5.02. The number of hydrogen-bond donors (Lipinski definition) is 0. The van der Waals surface area contributed by atoms with E-state index in [0.717, 1.165) is 11.3 Å². The summed E-state index contributed by atoms with van der Waals surface area (Å²) < 4.78 is 20.1. The summed E-state index contributed by atoms with van der Waals surface area (Å²) in [7, 11) is 3.20. The molecule has 3 rings (SSSR count). The van der Waals surface area contributed by atoms with E-state index < -0.39 is 0 Å². The van der Waals surface area contributed by atoms with Crippen LogP contribution in [0.4, 0.5) is 4.39 Å². The number of methoxy groups -OCH3 is 1. The van der Waals surface area contributed by atoms with Crippen LogP contribution in [-0.4, -0.2) is 34.7 Å². The van der Waals surface area contributed by atoms with Crippen LogP contribution in [0.3, 0.4) is 0 Å². The van der Waals surface area contributed by atoms with Gasteiger partial charge < -0.3 is 9.64 Å². The molecule has 1 heterocycles. The summed E-state index contributed by atoms with van der Waals surface area (Å²) in [5.41, 5.74) is 1.90. The summed E-state index contributed by atoms with van der Waals surface area (Å²) in [5, 5.41) is 4.40. The average molecular weight is 353 g/mol. The van der Waals surface area contributed by atoms with Crippen molar-refractivity contribution in [1.82, 2.24) is 14.7 Å². The number of aromatic nitrogens is 2. The van der Waals surface area contributed by atoms with Gasteiger partial charge in [0, 0.05) is 7.05 Å². The Hall–Kier alpha value is -3.15. The highest BCUT2D eigenvalue weighted by atomic mass is 19.1. The van der Waals surface area contributed by atoms with Gasteiger partial charge in [-0.05, 0) is 36.8 Å². The number of amides is 1. The zero-order valence-corrected chi connectivity index (χ0v) is 14.9. The highest BCUT2D eigenvalue weighted by Gasteiger charge is 2.25. The van der Waals surface area contributed by atoms with E-state index in [4.69, 9.17) is 4.74 Å². The molecule has 5 nitrogen and oxygen atoms in total. The third-order valence-electron chi connectivity index (χ3n) is 4.38. The predicted molar refractivity (Wildman–Crippen MR) is 97.0 cm³/mol. The van der Waals surface area contributed by atoms with Crippen LogP contribution in [0.15, 0.2) is 60.8 Å². The molecule has 1 unspecified atom stereocenters. The van der Waals surface area contributed by atoms with E-state index in [9.17, 15) is 9.18 Å². The first-order valence-corrected chi connectivity index (χ1v) is 8.23. The standard InChI is InChI=1S/C20H20FN3O2/c1-14(15-9-11-16(21)12-10-15)23(2)20(25)19-18(26-3)13-24(22-19)17-7-5-4-6-8-17/h4-14H,1-3H3. The van der Waals surface area contributed by atoms with Crippen molar-refractivity contribution in [2.75, 3.05) is 14.2 Å². The van der Waals surface area contributed by atoms with Crippen molar-refractivity contribution in [3.63, 3.8) is 0 Å². The zero-order chi connectivity index (χ0) is 18.7. The zero-order valence-electron chi connectivity index (χ0n) is 14.9. The molecule has 1 atom stereocenters. The fourth-order valence-electron chi connectivity index (χ4n) is 2.68. The second-order valence-electron chi connectivity index (χ2n) is 5.97. The Morgan fingerprint density at radius 1 is 1.15 bits per heavy atom. The number of carbonyl (C=O) groups is 1. The maximum atomic E-state index is 13.1. The van der Waals surface area contributed by atoms with E-state index in [0.29, 0.717) is 5.75 Å². The largest absolute Gasteiger partial charge is 0.493 e. The number of ether oxygens (including phenoxy) is 1. The molecule has 1 aromatic heterocycles. The third-order valence-corrected chi connectivity index (χ3v) is 4.38. The topological polar surface area (TPSA) is 47.4 Å². The molecule has 0 N–H and O–H groups in total. The Bertz CT molecular complexity index is 891. The number of rotatable bonds is 5. The van der Waals surface area contributed by atoms with Crippen LogP contribution >= 0.6 is 0 Å². The highest BCUT2D eigenvalue weighted by Crippen LogP contribution is 2.25. The van der Waals surface area contributed by atoms with Gasteiger partial charge in [0.15, 0.2) is 11.4 Å². The van der Waals surface area contributed by atoms with Gasteiger partial charge in [-0.25, -0.2) is 9.07 Å². The fraction of sp³-hybridized carbons (Fsp3) is 0.200.